The predicted molar refractivity (Wildman–Crippen MR) is 156 cm³/mol. The number of esters is 1. The Bertz CT molecular complexity index is 1480. The maximum Gasteiger partial charge on any atom is 0.335 e. The third-order valence-corrected chi connectivity index (χ3v) is 9.45. The van der Waals surface area contributed by atoms with Crippen LogP contribution >= 0.6 is 23.2 Å². The van der Waals surface area contributed by atoms with Crippen molar-refractivity contribution in [3.8, 4) is 11.1 Å². The largest absolute Gasteiger partial charge is 0.464 e. The molecule has 1 amide bonds. The normalized spacial score (nSPS) is 19.9. The number of hydrogen-bond donors (Lipinski definition) is 0. The molecule has 4 heterocycles. The van der Waals surface area contributed by atoms with E-state index in [0.717, 1.165) is 38.0 Å². The highest BCUT2D eigenvalue weighted by molar-refractivity contribution is 6.39. The average molecular weight is 600 g/mol. The smallest absolute Gasteiger partial charge is 0.335 e. The summed E-state index contributed by atoms with van der Waals surface area (Å²) in [6.45, 7) is 7.57. The van der Waals surface area contributed by atoms with Gasteiger partial charge in [0.2, 0.25) is 0 Å². The van der Waals surface area contributed by atoms with E-state index in [4.69, 9.17) is 27.9 Å². The van der Waals surface area contributed by atoms with Gasteiger partial charge in [0.1, 0.15) is 6.17 Å². The van der Waals surface area contributed by atoms with Crippen LogP contribution in [0.5, 0.6) is 0 Å². The van der Waals surface area contributed by atoms with Gasteiger partial charge < -0.3 is 19.1 Å². The standard InChI is InChI=1S/C31H33Cl2FN4O3/c1-3-36-11-9-19(10-12-36)18-5-7-20(8-6-18)22-14-24(32)23-16-38(30(39)26(23)27(22)33)29(31(40)41-4-2)28-25-13-21(34)15-37(25)17-35-28/h5-8,14,17,19,21,29H,3-4,9-13,15-16H2,1-2H3/t21-,29?/m1/s1. The monoisotopic (exact) mass is 598 g/mol. The van der Waals surface area contributed by atoms with Gasteiger partial charge >= 0.3 is 5.97 Å². The quantitative estimate of drug-likeness (QED) is 0.302. The molecule has 0 bridgehead atoms. The van der Waals surface area contributed by atoms with Crippen LogP contribution in [0.25, 0.3) is 11.1 Å². The van der Waals surface area contributed by atoms with Crippen molar-refractivity contribution < 1.29 is 18.7 Å². The van der Waals surface area contributed by atoms with Gasteiger partial charge in [-0.1, -0.05) is 54.4 Å². The second-order valence-corrected chi connectivity index (χ2v) is 11.8. The Kier molecular flexibility index (Phi) is 7.83. The number of halogens is 3. The van der Waals surface area contributed by atoms with Crippen LogP contribution in [0, 0.1) is 0 Å². The summed E-state index contributed by atoms with van der Waals surface area (Å²) < 4.78 is 21.2. The Labute approximate surface area is 249 Å². The number of fused-ring (bicyclic) bond motifs is 2. The minimum atomic E-state index is -1.13. The number of rotatable bonds is 7. The first-order chi connectivity index (χ1) is 19.8. The van der Waals surface area contributed by atoms with Crippen molar-refractivity contribution in [2.75, 3.05) is 26.2 Å². The van der Waals surface area contributed by atoms with Gasteiger partial charge in [0.15, 0.2) is 6.04 Å². The lowest BCUT2D eigenvalue weighted by atomic mass is 9.88. The fourth-order valence-corrected chi connectivity index (χ4v) is 7.11. The first-order valence-corrected chi connectivity index (χ1v) is 15.0. The molecule has 1 fully saturated rings. The molecule has 0 aliphatic carbocycles. The van der Waals surface area contributed by atoms with Crippen LogP contribution in [-0.2, 0) is 29.0 Å². The van der Waals surface area contributed by atoms with Gasteiger partial charge in [0, 0.05) is 34.8 Å². The molecule has 3 aliphatic rings. The summed E-state index contributed by atoms with van der Waals surface area (Å²) in [7, 11) is 0. The van der Waals surface area contributed by atoms with Gasteiger partial charge in [0.05, 0.1) is 35.8 Å². The zero-order valence-corrected chi connectivity index (χ0v) is 24.7. The number of aromatic nitrogens is 2. The second kappa shape index (κ2) is 11.4. The van der Waals surface area contributed by atoms with E-state index < -0.39 is 24.1 Å². The second-order valence-electron chi connectivity index (χ2n) is 11.0. The summed E-state index contributed by atoms with van der Waals surface area (Å²) in [6, 6.07) is 9.00. The van der Waals surface area contributed by atoms with E-state index in [1.165, 1.54) is 16.8 Å². The lowest BCUT2D eigenvalue weighted by Crippen LogP contribution is -2.36. The number of likely N-dealkylation sites (tertiary alicyclic amines) is 1. The third-order valence-electron chi connectivity index (χ3n) is 8.72. The van der Waals surface area contributed by atoms with E-state index in [2.05, 4.69) is 28.9 Å². The highest BCUT2D eigenvalue weighted by Crippen LogP contribution is 2.44. The predicted octanol–water partition coefficient (Wildman–Crippen LogP) is 6.21. The first kappa shape index (κ1) is 28.2. The van der Waals surface area contributed by atoms with E-state index >= 15 is 0 Å². The van der Waals surface area contributed by atoms with Gasteiger partial charge in [0.25, 0.3) is 5.91 Å². The van der Waals surface area contributed by atoms with Crippen molar-refractivity contribution in [3.63, 3.8) is 0 Å². The number of ether oxygens (including phenoxy) is 1. The molecule has 10 heteroatoms. The van der Waals surface area contributed by atoms with Crippen molar-refractivity contribution in [2.45, 2.75) is 64.3 Å². The summed E-state index contributed by atoms with van der Waals surface area (Å²) in [6.07, 6.45) is 2.84. The average Bonchev–Trinajstić information content (AvgIpc) is 3.64. The Hall–Kier alpha value is -2.94. The van der Waals surface area contributed by atoms with E-state index in [1.807, 2.05) is 12.1 Å². The fraction of sp³-hybridized carbons (Fsp3) is 0.452. The van der Waals surface area contributed by atoms with Crippen molar-refractivity contribution in [3.05, 3.63) is 74.8 Å². The molecule has 3 aromatic rings. The van der Waals surface area contributed by atoms with Gasteiger partial charge in [-0.2, -0.15) is 0 Å². The molecule has 216 valence electrons. The number of amides is 1. The van der Waals surface area contributed by atoms with Gasteiger partial charge in [-0.15, -0.1) is 0 Å². The van der Waals surface area contributed by atoms with Crippen molar-refractivity contribution in [1.29, 1.82) is 0 Å². The number of piperidine rings is 1. The van der Waals surface area contributed by atoms with Gasteiger partial charge in [-0.05, 0) is 62.5 Å². The summed E-state index contributed by atoms with van der Waals surface area (Å²) in [5.74, 6) is -0.522. The molecule has 1 unspecified atom stereocenters. The van der Waals surface area contributed by atoms with Gasteiger partial charge in [-0.3, -0.25) is 4.79 Å². The van der Waals surface area contributed by atoms with E-state index in [0.29, 0.717) is 38.5 Å². The first-order valence-electron chi connectivity index (χ1n) is 14.3. The lowest BCUT2D eigenvalue weighted by Gasteiger charge is -2.31. The molecular formula is C31H33Cl2FN4O3. The van der Waals surface area contributed by atoms with E-state index in [9.17, 15) is 14.0 Å². The molecule has 1 saturated heterocycles. The third kappa shape index (κ3) is 5.04. The van der Waals surface area contributed by atoms with Crippen molar-refractivity contribution in [1.82, 2.24) is 19.4 Å². The van der Waals surface area contributed by atoms with Crippen LogP contribution in [0.15, 0.2) is 36.7 Å². The SMILES string of the molecule is CCOC(=O)C(c1ncn2c1C[C@@H](F)C2)N1Cc2c(Cl)cc(-c3ccc(C4CCN(CC)CC4)cc3)c(Cl)c2C1=O. The lowest BCUT2D eigenvalue weighted by molar-refractivity contribution is -0.149. The van der Waals surface area contributed by atoms with E-state index in [1.54, 1.807) is 17.6 Å². The minimum Gasteiger partial charge on any atom is -0.464 e. The molecular weight excluding hydrogens is 566 g/mol. The summed E-state index contributed by atoms with van der Waals surface area (Å²) in [5.41, 5.74) is 4.58. The molecule has 41 heavy (non-hydrogen) atoms. The summed E-state index contributed by atoms with van der Waals surface area (Å²) in [4.78, 5) is 35.5. The highest BCUT2D eigenvalue weighted by Gasteiger charge is 2.44. The van der Waals surface area contributed by atoms with Crippen molar-refractivity contribution >= 4 is 35.1 Å². The molecule has 0 saturated carbocycles. The van der Waals surface area contributed by atoms with Crippen LogP contribution in [0.2, 0.25) is 10.0 Å². The molecule has 0 radical (unpaired) electrons. The Morgan fingerprint density at radius 2 is 1.90 bits per heavy atom. The van der Waals surface area contributed by atoms with Gasteiger partial charge in [-0.25, -0.2) is 14.2 Å². The minimum absolute atomic E-state index is 0.0667. The maximum absolute atomic E-state index is 14.2. The highest BCUT2D eigenvalue weighted by atomic mass is 35.5. The molecule has 0 spiro atoms. The number of carbonyl (C=O) groups is 2. The number of alkyl halides is 1. The molecule has 6 rings (SSSR count). The number of nitrogens with zero attached hydrogens (tertiary/aromatic N) is 4. The van der Waals surface area contributed by atoms with E-state index in [-0.39, 0.29) is 31.7 Å². The Balaban J connectivity index is 1.31. The Morgan fingerprint density at radius 3 is 2.59 bits per heavy atom. The number of carbonyl (C=O) groups excluding carboxylic acids is 2. The summed E-state index contributed by atoms with van der Waals surface area (Å²) >= 11 is 13.7. The van der Waals surface area contributed by atoms with Crippen LogP contribution < -0.4 is 0 Å². The molecule has 7 nitrogen and oxygen atoms in total. The Morgan fingerprint density at radius 1 is 1.17 bits per heavy atom. The zero-order chi connectivity index (χ0) is 28.8. The molecule has 2 atom stereocenters. The van der Waals surface area contributed by atoms with Crippen LogP contribution in [0.4, 0.5) is 4.39 Å². The number of imidazole rings is 1. The summed E-state index contributed by atoms with van der Waals surface area (Å²) in [5, 5.41) is 0.690. The number of hydrogen-bond acceptors (Lipinski definition) is 5. The maximum atomic E-state index is 14.2. The molecule has 2 aromatic carbocycles. The zero-order valence-electron chi connectivity index (χ0n) is 23.2. The van der Waals surface area contributed by atoms with Crippen LogP contribution in [0.1, 0.15) is 71.5 Å². The van der Waals surface area contributed by atoms with Crippen molar-refractivity contribution in [2.24, 2.45) is 0 Å². The molecule has 0 N–H and O–H groups in total. The number of benzene rings is 2. The topological polar surface area (TPSA) is 67.7 Å². The van der Waals surface area contributed by atoms with Crippen LogP contribution in [0.3, 0.4) is 0 Å². The fourth-order valence-electron chi connectivity index (χ4n) is 6.49. The molecule has 1 aromatic heterocycles. The van der Waals surface area contributed by atoms with Crippen LogP contribution in [-0.4, -0.2) is 63.6 Å². The molecule has 3 aliphatic heterocycles.